The molecule has 4 nitrogen and oxygen atoms in total. The van der Waals surface area contributed by atoms with E-state index in [4.69, 9.17) is 0 Å². The molecule has 1 atom stereocenters. The van der Waals surface area contributed by atoms with Gasteiger partial charge in [-0.15, -0.1) is 3.89 Å². The normalized spacial score (nSPS) is 13.1. The Hall–Kier alpha value is -1.43. The zero-order valence-corrected chi connectivity index (χ0v) is 9.41. The van der Waals surface area contributed by atoms with Crippen molar-refractivity contribution in [1.29, 1.82) is 0 Å². The Morgan fingerprint density at radius 3 is 2.38 bits per heavy atom. The van der Waals surface area contributed by atoms with Crippen molar-refractivity contribution in [3.05, 3.63) is 35.9 Å². The Morgan fingerprint density at radius 1 is 1.38 bits per heavy atom. The predicted molar refractivity (Wildman–Crippen MR) is 55.8 cm³/mol. The molecule has 0 radical (unpaired) electrons. The van der Waals surface area contributed by atoms with Crippen molar-refractivity contribution < 1.29 is 21.8 Å². The number of rotatable bonds is 4. The van der Waals surface area contributed by atoms with Crippen LogP contribution in [0, 0.1) is 0 Å². The number of halogens is 1. The van der Waals surface area contributed by atoms with E-state index in [2.05, 4.69) is 4.74 Å². The first-order valence-corrected chi connectivity index (χ1v) is 6.06. The van der Waals surface area contributed by atoms with Gasteiger partial charge in [-0.05, 0) is 12.5 Å². The molecule has 0 spiro atoms. The topological polar surface area (TPSA) is 60.4 Å². The van der Waals surface area contributed by atoms with E-state index in [9.17, 15) is 17.1 Å². The fourth-order valence-electron chi connectivity index (χ4n) is 1.26. The molecule has 0 heterocycles. The summed E-state index contributed by atoms with van der Waals surface area (Å²) in [5.41, 5.74) is 0.0588. The fraction of sp³-hybridized carbons (Fsp3) is 0.300. The Morgan fingerprint density at radius 2 is 1.94 bits per heavy atom. The van der Waals surface area contributed by atoms with Gasteiger partial charge in [-0.2, -0.15) is 8.42 Å². The van der Waals surface area contributed by atoms with Crippen LogP contribution in [0.5, 0.6) is 0 Å². The van der Waals surface area contributed by atoms with Crippen LogP contribution >= 0.6 is 0 Å². The molecule has 1 aromatic carbocycles. The van der Waals surface area contributed by atoms with Gasteiger partial charge in [0.1, 0.15) is 0 Å². The zero-order chi connectivity index (χ0) is 12.2. The summed E-state index contributed by atoms with van der Waals surface area (Å²) in [6.07, 6.45) is 0. The number of benzene rings is 1. The van der Waals surface area contributed by atoms with Crippen LogP contribution in [-0.4, -0.2) is 21.0 Å². The molecule has 1 rings (SSSR count). The number of ether oxygens (including phenoxy) is 1. The third-order valence-electron chi connectivity index (χ3n) is 1.88. The second-order valence-electron chi connectivity index (χ2n) is 3.02. The molecule has 6 heteroatoms. The summed E-state index contributed by atoms with van der Waals surface area (Å²) in [6, 6.07) is 7.40. The highest BCUT2D eigenvalue weighted by Gasteiger charge is 2.35. The average Bonchev–Trinajstić information content (AvgIpc) is 2.17. The number of hydrogen-bond acceptors (Lipinski definition) is 4. The first-order valence-electron chi connectivity index (χ1n) is 4.62. The lowest BCUT2D eigenvalue weighted by Gasteiger charge is -2.11. The van der Waals surface area contributed by atoms with Gasteiger partial charge >= 0.3 is 16.2 Å². The van der Waals surface area contributed by atoms with E-state index >= 15 is 0 Å². The maximum absolute atomic E-state index is 13.0. The molecule has 0 saturated carbocycles. The third-order valence-corrected chi connectivity index (χ3v) is 2.91. The smallest absolute Gasteiger partial charge is 0.331 e. The van der Waals surface area contributed by atoms with Gasteiger partial charge in [-0.3, -0.25) is 4.79 Å². The molecule has 0 aliphatic heterocycles. The van der Waals surface area contributed by atoms with Crippen molar-refractivity contribution in [2.45, 2.75) is 12.2 Å². The maximum atomic E-state index is 13.0. The van der Waals surface area contributed by atoms with E-state index in [0.717, 1.165) is 0 Å². The minimum atomic E-state index is -5.01. The van der Waals surface area contributed by atoms with Crippen molar-refractivity contribution in [3.63, 3.8) is 0 Å². The molecule has 0 bridgehead atoms. The standard InChI is InChI=1S/C10H11FO4S/c1-2-15-10(12)9(16(11,13)14)8-6-4-3-5-7-8/h3-7,9H,2H2,1H3. The van der Waals surface area contributed by atoms with Crippen molar-refractivity contribution in [2.24, 2.45) is 0 Å². The van der Waals surface area contributed by atoms with Gasteiger partial charge in [-0.1, -0.05) is 30.3 Å². The largest absolute Gasteiger partial charge is 0.465 e. The van der Waals surface area contributed by atoms with Crippen LogP contribution in [0.1, 0.15) is 17.7 Å². The van der Waals surface area contributed by atoms with E-state index in [-0.39, 0.29) is 12.2 Å². The van der Waals surface area contributed by atoms with Crippen molar-refractivity contribution in [2.75, 3.05) is 6.61 Å². The van der Waals surface area contributed by atoms with E-state index in [0.29, 0.717) is 0 Å². The third kappa shape index (κ3) is 3.03. The first kappa shape index (κ1) is 12.6. The Bertz CT molecular complexity index is 455. The Balaban J connectivity index is 3.13. The molecular formula is C10H11FO4S. The quantitative estimate of drug-likeness (QED) is 0.598. The molecule has 0 saturated heterocycles. The number of hydrogen-bond donors (Lipinski definition) is 0. The lowest BCUT2D eigenvalue weighted by atomic mass is 10.1. The van der Waals surface area contributed by atoms with Gasteiger partial charge in [-0.25, -0.2) is 0 Å². The summed E-state index contributed by atoms with van der Waals surface area (Å²) in [5, 5.41) is -1.89. The average molecular weight is 246 g/mol. The van der Waals surface area contributed by atoms with Crippen LogP contribution in [0.2, 0.25) is 0 Å². The summed E-state index contributed by atoms with van der Waals surface area (Å²) < 4.78 is 39.3. The number of esters is 1. The second-order valence-corrected chi connectivity index (χ2v) is 4.44. The summed E-state index contributed by atoms with van der Waals surface area (Å²) in [4.78, 5) is 11.3. The Kier molecular flexibility index (Phi) is 4.00. The fourth-order valence-corrected chi connectivity index (χ4v) is 2.04. The molecule has 0 fully saturated rings. The second kappa shape index (κ2) is 5.07. The molecule has 0 aliphatic rings. The monoisotopic (exact) mass is 246 g/mol. The van der Waals surface area contributed by atoms with Crippen molar-refractivity contribution in [1.82, 2.24) is 0 Å². The van der Waals surface area contributed by atoms with Crippen LogP contribution in [0.15, 0.2) is 30.3 Å². The highest BCUT2D eigenvalue weighted by atomic mass is 32.3. The van der Waals surface area contributed by atoms with Crippen LogP contribution in [-0.2, 0) is 19.8 Å². The van der Waals surface area contributed by atoms with Crippen LogP contribution in [0.4, 0.5) is 3.89 Å². The highest BCUT2D eigenvalue weighted by molar-refractivity contribution is 7.87. The summed E-state index contributed by atoms with van der Waals surface area (Å²) in [5.74, 6) is -1.10. The minimum Gasteiger partial charge on any atom is -0.465 e. The maximum Gasteiger partial charge on any atom is 0.331 e. The minimum absolute atomic E-state index is 0.00229. The molecule has 0 aliphatic carbocycles. The van der Waals surface area contributed by atoms with Crippen LogP contribution < -0.4 is 0 Å². The molecule has 1 unspecified atom stereocenters. The Labute approximate surface area is 93.3 Å². The zero-order valence-electron chi connectivity index (χ0n) is 8.59. The summed E-state index contributed by atoms with van der Waals surface area (Å²) in [6.45, 7) is 1.52. The summed E-state index contributed by atoms with van der Waals surface area (Å²) in [7, 11) is -5.01. The molecule has 0 amide bonds. The van der Waals surface area contributed by atoms with E-state index in [1.54, 1.807) is 6.07 Å². The SMILES string of the molecule is CCOC(=O)C(c1ccccc1)S(=O)(=O)F. The van der Waals surface area contributed by atoms with Gasteiger partial charge in [0, 0.05) is 0 Å². The van der Waals surface area contributed by atoms with Gasteiger partial charge in [0.2, 0.25) is 5.25 Å². The molecule has 16 heavy (non-hydrogen) atoms. The van der Waals surface area contributed by atoms with E-state index in [1.165, 1.54) is 31.2 Å². The molecule has 0 aromatic heterocycles. The van der Waals surface area contributed by atoms with Crippen LogP contribution in [0.3, 0.4) is 0 Å². The van der Waals surface area contributed by atoms with Gasteiger partial charge in [0.25, 0.3) is 0 Å². The predicted octanol–water partition coefficient (Wildman–Crippen LogP) is 1.59. The van der Waals surface area contributed by atoms with Gasteiger partial charge in [0.15, 0.2) is 0 Å². The lowest BCUT2D eigenvalue weighted by Crippen LogP contribution is -2.21. The first-order chi connectivity index (χ1) is 7.46. The van der Waals surface area contributed by atoms with E-state index in [1.807, 2.05) is 0 Å². The summed E-state index contributed by atoms with van der Waals surface area (Å²) >= 11 is 0. The van der Waals surface area contributed by atoms with Gasteiger partial charge < -0.3 is 4.74 Å². The molecular weight excluding hydrogens is 235 g/mol. The van der Waals surface area contributed by atoms with Crippen molar-refractivity contribution in [3.8, 4) is 0 Å². The van der Waals surface area contributed by atoms with Crippen LogP contribution in [0.25, 0.3) is 0 Å². The number of carbonyl (C=O) groups excluding carboxylic acids is 1. The van der Waals surface area contributed by atoms with Crippen molar-refractivity contribution >= 4 is 16.2 Å². The van der Waals surface area contributed by atoms with E-state index < -0.39 is 21.4 Å². The molecule has 1 aromatic rings. The lowest BCUT2D eigenvalue weighted by molar-refractivity contribution is -0.142. The highest BCUT2D eigenvalue weighted by Crippen LogP contribution is 2.25. The van der Waals surface area contributed by atoms with Gasteiger partial charge in [0.05, 0.1) is 6.61 Å². The molecule has 0 N–H and O–H groups in total. The number of carbonyl (C=O) groups is 1. The molecule has 88 valence electrons.